The summed E-state index contributed by atoms with van der Waals surface area (Å²) in [4.78, 5) is 2.40. The van der Waals surface area contributed by atoms with Crippen molar-refractivity contribution in [1.82, 2.24) is 4.57 Å². The van der Waals surface area contributed by atoms with Crippen LogP contribution in [0.2, 0.25) is 0 Å². The third-order valence-corrected chi connectivity index (χ3v) is 13.4. The Morgan fingerprint density at radius 1 is 0.328 bits per heavy atom. The highest BCUT2D eigenvalue weighted by atomic mass is 32.1. The Morgan fingerprint density at radius 2 is 0.934 bits per heavy atom. The van der Waals surface area contributed by atoms with E-state index in [0.717, 1.165) is 28.3 Å². The topological polar surface area (TPSA) is 8.17 Å². The number of hydrogen-bond donors (Lipinski definition) is 0. The second kappa shape index (κ2) is 14.5. The van der Waals surface area contributed by atoms with E-state index in [1.807, 2.05) is 11.3 Å². The smallest absolute Gasteiger partial charge is 0.0562 e. The van der Waals surface area contributed by atoms with Crippen LogP contribution in [-0.2, 0) is 0 Å². The van der Waals surface area contributed by atoms with Gasteiger partial charge in [0, 0.05) is 53.6 Å². The van der Waals surface area contributed by atoms with Crippen LogP contribution in [0.25, 0.3) is 91.8 Å². The first-order valence-corrected chi connectivity index (χ1v) is 21.6. The molecule has 3 heteroatoms. The molecule has 2 nitrogen and oxygen atoms in total. The lowest BCUT2D eigenvalue weighted by Gasteiger charge is -2.26. The van der Waals surface area contributed by atoms with Gasteiger partial charge in [-0.2, -0.15) is 0 Å². The second-order valence-corrected chi connectivity index (χ2v) is 16.8. The molecule has 61 heavy (non-hydrogen) atoms. The Hall–Kier alpha value is -7.72. The van der Waals surface area contributed by atoms with Crippen LogP contribution < -0.4 is 4.90 Å². The molecule has 12 aromatic rings. The Labute approximate surface area is 358 Å². The molecule has 0 radical (unpaired) electrons. The van der Waals surface area contributed by atoms with Crippen molar-refractivity contribution in [2.75, 3.05) is 4.90 Å². The van der Waals surface area contributed by atoms with Crippen molar-refractivity contribution >= 4 is 81.1 Å². The molecule has 0 amide bonds. The maximum atomic E-state index is 2.50. The molecule has 2 aromatic heterocycles. The number of aromatic nitrogens is 1. The summed E-state index contributed by atoms with van der Waals surface area (Å²) in [6, 6.07) is 84.3. The van der Waals surface area contributed by atoms with Gasteiger partial charge in [0.15, 0.2) is 0 Å². The predicted molar refractivity (Wildman–Crippen MR) is 262 cm³/mol. The standard InChI is InChI=1S/C58H38N2S/c1-3-14-39(15-4-1)41-26-30-45(31-27-41)59(46-32-28-40-16-7-8-19-43(40)36-46)47-33-35-51-50-20-9-11-24-54(50)60(56(51)38-47)55-37-44(29-34-48(55)42-17-5-2-6-18-42)49-22-13-23-53-52-21-10-12-25-57(52)61-58(49)53/h1-38H. The second-order valence-electron chi connectivity index (χ2n) is 15.7. The first kappa shape index (κ1) is 35.2. The summed E-state index contributed by atoms with van der Waals surface area (Å²) in [5.41, 5.74) is 14.0. The quantitative estimate of drug-likeness (QED) is 0.156. The van der Waals surface area contributed by atoms with Crippen molar-refractivity contribution in [3.63, 3.8) is 0 Å². The molecule has 0 saturated carbocycles. The van der Waals surface area contributed by atoms with Gasteiger partial charge in [0.05, 0.1) is 16.7 Å². The highest BCUT2D eigenvalue weighted by molar-refractivity contribution is 7.26. The molecule has 0 atom stereocenters. The molecule has 0 saturated heterocycles. The number of nitrogens with zero attached hydrogens (tertiary/aromatic N) is 2. The summed E-state index contributed by atoms with van der Waals surface area (Å²) >= 11 is 1.88. The summed E-state index contributed by atoms with van der Waals surface area (Å²) < 4.78 is 5.13. The van der Waals surface area contributed by atoms with E-state index in [2.05, 4.69) is 240 Å². The Bertz CT molecular complexity index is 3580. The zero-order valence-corrected chi connectivity index (χ0v) is 34.1. The lowest BCUT2D eigenvalue weighted by atomic mass is 9.97. The van der Waals surface area contributed by atoms with Crippen LogP contribution in [0.15, 0.2) is 231 Å². The molecule has 0 aliphatic carbocycles. The SMILES string of the molecule is c1ccc(-c2ccc(N(c3ccc4ccccc4c3)c3ccc4c5ccccc5n(-c5cc(-c6cccc7c6sc6ccccc67)ccc5-c5ccccc5)c4c3)cc2)cc1. The van der Waals surface area contributed by atoms with Crippen LogP contribution in [-0.4, -0.2) is 4.57 Å². The maximum Gasteiger partial charge on any atom is 0.0562 e. The van der Waals surface area contributed by atoms with Crippen LogP contribution in [0.4, 0.5) is 17.1 Å². The average molecular weight is 795 g/mol. The molecule has 0 unspecified atom stereocenters. The number of anilines is 3. The molecule has 0 aliphatic rings. The zero-order valence-electron chi connectivity index (χ0n) is 33.2. The molecular weight excluding hydrogens is 757 g/mol. The van der Waals surface area contributed by atoms with E-state index >= 15 is 0 Å². The largest absolute Gasteiger partial charge is 0.310 e. The van der Waals surface area contributed by atoms with Gasteiger partial charge < -0.3 is 9.47 Å². The van der Waals surface area contributed by atoms with E-state index in [4.69, 9.17) is 0 Å². The van der Waals surface area contributed by atoms with Crippen LogP contribution in [0.1, 0.15) is 0 Å². The molecule has 0 fully saturated rings. The van der Waals surface area contributed by atoms with Crippen LogP contribution in [0, 0.1) is 0 Å². The molecule has 2 heterocycles. The highest BCUT2D eigenvalue weighted by Crippen LogP contribution is 2.45. The molecular formula is C58H38N2S. The van der Waals surface area contributed by atoms with Gasteiger partial charge in [0.25, 0.3) is 0 Å². The highest BCUT2D eigenvalue weighted by Gasteiger charge is 2.21. The zero-order chi connectivity index (χ0) is 40.3. The number of para-hydroxylation sites is 1. The van der Waals surface area contributed by atoms with Gasteiger partial charge in [-0.1, -0.05) is 176 Å². The van der Waals surface area contributed by atoms with Gasteiger partial charge in [-0.25, -0.2) is 0 Å². The number of hydrogen-bond acceptors (Lipinski definition) is 2. The van der Waals surface area contributed by atoms with E-state index in [1.54, 1.807) is 0 Å². The molecule has 286 valence electrons. The van der Waals surface area contributed by atoms with E-state index in [1.165, 1.54) is 80.6 Å². The lowest BCUT2D eigenvalue weighted by Crippen LogP contribution is -2.10. The molecule has 10 aromatic carbocycles. The summed E-state index contributed by atoms with van der Waals surface area (Å²) in [6.45, 7) is 0. The van der Waals surface area contributed by atoms with Crippen LogP contribution in [0.3, 0.4) is 0 Å². The average Bonchev–Trinajstić information content (AvgIpc) is 3.88. The summed E-state index contributed by atoms with van der Waals surface area (Å²) in [6.07, 6.45) is 0. The summed E-state index contributed by atoms with van der Waals surface area (Å²) in [5, 5.41) is 7.49. The third kappa shape index (κ3) is 6.01. The van der Waals surface area contributed by atoms with E-state index in [-0.39, 0.29) is 0 Å². The Morgan fingerprint density at radius 3 is 1.77 bits per heavy atom. The predicted octanol–water partition coefficient (Wildman–Crippen LogP) is 16.8. The van der Waals surface area contributed by atoms with Crippen LogP contribution >= 0.6 is 11.3 Å². The summed E-state index contributed by atoms with van der Waals surface area (Å²) in [7, 11) is 0. The number of rotatable bonds is 7. The first-order chi connectivity index (χ1) is 30.2. The van der Waals surface area contributed by atoms with Gasteiger partial charge in [0.2, 0.25) is 0 Å². The molecule has 0 bridgehead atoms. The molecule has 0 aliphatic heterocycles. The van der Waals surface area contributed by atoms with Gasteiger partial charge in [0.1, 0.15) is 0 Å². The third-order valence-electron chi connectivity index (χ3n) is 12.2. The summed E-state index contributed by atoms with van der Waals surface area (Å²) in [5.74, 6) is 0. The van der Waals surface area contributed by atoms with Gasteiger partial charge >= 0.3 is 0 Å². The minimum absolute atomic E-state index is 1.09. The van der Waals surface area contributed by atoms with E-state index in [9.17, 15) is 0 Å². The molecule has 0 spiro atoms. The fourth-order valence-corrected chi connectivity index (χ4v) is 10.5. The minimum Gasteiger partial charge on any atom is -0.310 e. The first-order valence-electron chi connectivity index (χ1n) is 20.8. The lowest BCUT2D eigenvalue weighted by molar-refractivity contribution is 1.18. The van der Waals surface area contributed by atoms with Crippen molar-refractivity contribution < 1.29 is 0 Å². The Balaban J connectivity index is 1.10. The van der Waals surface area contributed by atoms with E-state index in [0.29, 0.717) is 0 Å². The number of fused-ring (bicyclic) bond motifs is 7. The van der Waals surface area contributed by atoms with E-state index < -0.39 is 0 Å². The normalized spacial score (nSPS) is 11.6. The van der Waals surface area contributed by atoms with Gasteiger partial charge in [-0.05, 0) is 93.2 Å². The monoisotopic (exact) mass is 794 g/mol. The molecule has 12 rings (SSSR count). The van der Waals surface area contributed by atoms with Crippen molar-refractivity contribution in [3.8, 4) is 39.1 Å². The maximum absolute atomic E-state index is 2.50. The van der Waals surface area contributed by atoms with Crippen molar-refractivity contribution in [1.29, 1.82) is 0 Å². The Kier molecular flexibility index (Phi) is 8.39. The van der Waals surface area contributed by atoms with Crippen LogP contribution in [0.5, 0.6) is 0 Å². The van der Waals surface area contributed by atoms with Gasteiger partial charge in [-0.15, -0.1) is 11.3 Å². The van der Waals surface area contributed by atoms with Gasteiger partial charge in [-0.3, -0.25) is 0 Å². The van der Waals surface area contributed by atoms with Crippen molar-refractivity contribution in [2.24, 2.45) is 0 Å². The number of benzene rings is 10. The fraction of sp³-hybridized carbons (Fsp3) is 0. The fourth-order valence-electron chi connectivity index (χ4n) is 9.27. The van der Waals surface area contributed by atoms with Crippen molar-refractivity contribution in [2.45, 2.75) is 0 Å². The molecule has 0 N–H and O–H groups in total. The minimum atomic E-state index is 1.09. The van der Waals surface area contributed by atoms with Crippen molar-refractivity contribution in [3.05, 3.63) is 231 Å². The number of thiophene rings is 1.